The molecule has 80 valence electrons. The molecule has 0 fully saturated rings. The van der Waals surface area contributed by atoms with E-state index in [0.29, 0.717) is 10.5 Å². The number of phenolic OH excluding ortho intramolecular Hbond substituents is 2. The van der Waals surface area contributed by atoms with E-state index in [4.69, 9.17) is 12.2 Å². The molecule has 2 aromatic carbocycles. The van der Waals surface area contributed by atoms with E-state index >= 15 is 0 Å². The van der Waals surface area contributed by atoms with Gasteiger partial charge in [0.1, 0.15) is 11.5 Å². The fourth-order valence-electron chi connectivity index (χ4n) is 1.94. The lowest BCUT2D eigenvalue weighted by atomic mass is 10.0. The number of hydrogen-bond donors (Lipinski definition) is 4. The lowest BCUT2D eigenvalue weighted by Gasteiger charge is -2.22. The molecule has 1 aliphatic rings. The van der Waals surface area contributed by atoms with Gasteiger partial charge in [-0.05, 0) is 36.5 Å². The first kappa shape index (κ1) is 9.23. The largest absolute Gasteiger partial charge is 0.507 e. The minimum absolute atomic E-state index is 0.0505. The van der Waals surface area contributed by atoms with Crippen LogP contribution >= 0.6 is 12.2 Å². The van der Waals surface area contributed by atoms with E-state index in [9.17, 15) is 10.2 Å². The quantitative estimate of drug-likeness (QED) is 0.415. The van der Waals surface area contributed by atoms with Gasteiger partial charge in [0.05, 0.1) is 16.8 Å². The lowest BCUT2D eigenvalue weighted by molar-refractivity contribution is 0.464. The maximum Gasteiger partial charge on any atom is 0.175 e. The average Bonchev–Trinajstić information content (AvgIpc) is 2.25. The van der Waals surface area contributed by atoms with Crippen LogP contribution in [0.1, 0.15) is 0 Å². The fourth-order valence-corrected chi connectivity index (χ4v) is 2.16. The number of benzene rings is 2. The highest BCUT2D eigenvalue weighted by atomic mass is 32.1. The van der Waals surface area contributed by atoms with E-state index < -0.39 is 0 Å². The Labute approximate surface area is 96.5 Å². The van der Waals surface area contributed by atoms with E-state index in [1.165, 1.54) is 12.1 Å². The maximum absolute atomic E-state index is 9.74. The minimum Gasteiger partial charge on any atom is -0.507 e. The van der Waals surface area contributed by atoms with E-state index in [1.54, 1.807) is 12.1 Å². The van der Waals surface area contributed by atoms with Gasteiger partial charge in [0.15, 0.2) is 5.11 Å². The second kappa shape index (κ2) is 2.99. The molecule has 1 aliphatic heterocycles. The fraction of sp³-hybridized carbons (Fsp3) is 0. The normalized spacial score (nSPS) is 13.4. The Morgan fingerprint density at radius 1 is 0.812 bits per heavy atom. The molecule has 1 heterocycles. The van der Waals surface area contributed by atoms with Crippen LogP contribution in [0.2, 0.25) is 0 Å². The highest BCUT2D eigenvalue weighted by Crippen LogP contribution is 2.42. The van der Waals surface area contributed by atoms with Crippen LogP contribution in [0.5, 0.6) is 11.5 Å². The predicted molar refractivity (Wildman–Crippen MR) is 67.1 cm³/mol. The van der Waals surface area contributed by atoms with Gasteiger partial charge < -0.3 is 20.8 Å². The number of hydrogen-bond acceptors (Lipinski definition) is 3. The van der Waals surface area contributed by atoms with E-state index in [-0.39, 0.29) is 11.5 Å². The monoisotopic (exact) mass is 232 g/mol. The van der Waals surface area contributed by atoms with Crippen LogP contribution in [0.4, 0.5) is 11.4 Å². The summed E-state index contributed by atoms with van der Waals surface area (Å²) in [7, 11) is 0. The van der Waals surface area contributed by atoms with Crippen molar-refractivity contribution in [2.75, 3.05) is 10.6 Å². The van der Waals surface area contributed by atoms with E-state index in [1.807, 2.05) is 0 Å². The Hall–Kier alpha value is -2.01. The van der Waals surface area contributed by atoms with Crippen LogP contribution in [0, 0.1) is 0 Å². The third kappa shape index (κ3) is 1.12. The number of rotatable bonds is 0. The number of thiocarbonyl (C=S) groups is 1. The highest BCUT2D eigenvalue weighted by Gasteiger charge is 2.18. The number of nitrogens with one attached hydrogen (secondary N) is 2. The predicted octanol–water partition coefficient (Wildman–Crippen LogP) is 2.37. The van der Waals surface area contributed by atoms with Gasteiger partial charge in [0.2, 0.25) is 0 Å². The third-order valence-electron chi connectivity index (χ3n) is 2.61. The van der Waals surface area contributed by atoms with Gasteiger partial charge in [0, 0.05) is 5.39 Å². The minimum atomic E-state index is 0.0505. The number of anilines is 2. The smallest absolute Gasteiger partial charge is 0.175 e. The summed E-state index contributed by atoms with van der Waals surface area (Å²) in [6.45, 7) is 0. The first-order valence-electron chi connectivity index (χ1n) is 4.72. The van der Waals surface area contributed by atoms with Crippen molar-refractivity contribution >= 4 is 39.5 Å². The molecule has 4 nitrogen and oxygen atoms in total. The molecule has 4 N–H and O–H groups in total. The van der Waals surface area contributed by atoms with Gasteiger partial charge in [-0.25, -0.2) is 0 Å². The van der Waals surface area contributed by atoms with Crippen molar-refractivity contribution in [3.8, 4) is 11.5 Å². The second-order valence-corrected chi connectivity index (χ2v) is 4.00. The summed E-state index contributed by atoms with van der Waals surface area (Å²) in [5.74, 6) is 0.101. The van der Waals surface area contributed by atoms with Crippen LogP contribution in [0.3, 0.4) is 0 Å². The third-order valence-corrected chi connectivity index (χ3v) is 2.82. The molecule has 16 heavy (non-hydrogen) atoms. The summed E-state index contributed by atoms with van der Waals surface area (Å²) in [5.41, 5.74) is 1.56. The summed E-state index contributed by atoms with van der Waals surface area (Å²) in [5, 5.41) is 27.1. The topological polar surface area (TPSA) is 64.5 Å². The van der Waals surface area contributed by atoms with Gasteiger partial charge in [-0.1, -0.05) is 0 Å². The summed E-state index contributed by atoms with van der Waals surface area (Å²) >= 11 is 5.05. The van der Waals surface area contributed by atoms with Gasteiger partial charge in [-0.2, -0.15) is 0 Å². The van der Waals surface area contributed by atoms with Crippen molar-refractivity contribution in [2.24, 2.45) is 0 Å². The first-order valence-corrected chi connectivity index (χ1v) is 5.13. The zero-order valence-corrected chi connectivity index (χ0v) is 8.93. The molecule has 0 spiro atoms. The van der Waals surface area contributed by atoms with Gasteiger partial charge in [0.25, 0.3) is 0 Å². The van der Waals surface area contributed by atoms with E-state index in [2.05, 4.69) is 10.6 Å². The zero-order valence-electron chi connectivity index (χ0n) is 8.11. The summed E-state index contributed by atoms with van der Waals surface area (Å²) < 4.78 is 0. The molecule has 0 aromatic heterocycles. The van der Waals surface area contributed by atoms with Crippen molar-refractivity contribution in [1.29, 1.82) is 0 Å². The van der Waals surface area contributed by atoms with Crippen LogP contribution < -0.4 is 10.6 Å². The zero-order chi connectivity index (χ0) is 11.3. The van der Waals surface area contributed by atoms with Crippen molar-refractivity contribution in [1.82, 2.24) is 0 Å². The van der Waals surface area contributed by atoms with Crippen molar-refractivity contribution < 1.29 is 10.2 Å². The Bertz CT molecular complexity index is 576. The Morgan fingerprint density at radius 3 is 1.81 bits per heavy atom. The Morgan fingerprint density at radius 2 is 1.31 bits per heavy atom. The summed E-state index contributed by atoms with van der Waals surface area (Å²) in [6.07, 6.45) is 0. The molecule has 5 heteroatoms. The maximum atomic E-state index is 9.74. The SMILES string of the molecule is Oc1ccc2c3c(ccc(O)c13)NC(=S)N2. The molecular weight excluding hydrogens is 224 g/mol. The van der Waals surface area contributed by atoms with Gasteiger partial charge in [-0.15, -0.1) is 0 Å². The van der Waals surface area contributed by atoms with Crippen molar-refractivity contribution in [2.45, 2.75) is 0 Å². The summed E-state index contributed by atoms with van der Waals surface area (Å²) in [6, 6.07) is 6.52. The molecular formula is C11H8N2O2S. The molecule has 0 bridgehead atoms. The molecule has 0 saturated carbocycles. The molecule has 0 atom stereocenters. The van der Waals surface area contributed by atoms with Crippen LogP contribution in [-0.2, 0) is 0 Å². The molecule has 3 rings (SSSR count). The Balaban J connectivity index is 2.50. The standard InChI is InChI=1S/C11H8N2O2S/c14-7-3-1-5-9-6(13-11(16)12-5)2-4-8(15)10(7)9/h1-4,14-15H,(H2,12,13,16). The van der Waals surface area contributed by atoms with Crippen molar-refractivity contribution in [3.05, 3.63) is 24.3 Å². The van der Waals surface area contributed by atoms with Gasteiger partial charge in [-0.3, -0.25) is 0 Å². The van der Waals surface area contributed by atoms with Crippen LogP contribution in [-0.4, -0.2) is 15.3 Å². The molecule has 0 amide bonds. The number of phenols is 2. The average molecular weight is 232 g/mol. The number of aromatic hydroxyl groups is 2. The first-order chi connectivity index (χ1) is 7.66. The van der Waals surface area contributed by atoms with Crippen LogP contribution in [0.15, 0.2) is 24.3 Å². The molecule has 0 radical (unpaired) electrons. The van der Waals surface area contributed by atoms with Crippen LogP contribution in [0.25, 0.3) is 10.8 Å². The molecule has 0 saturated heterocycles. The lowest BCUT2D eigenvalue weighted by Crippen LogP contribution is -2.23. The molecule has 0 unspecified atom stereocenters. The van der Waals surface area contributed by atoms with E-state index in [0.717, 1.165) is 16.8 Å². The summed E-state index contributed by atoms with van der Waals surface area (Å²) in [4.78, 5) is 0. The molecule has 2 aromatic rings. The Kier molecular flexibility index (Phi) is 1.73. The van der Waals surface area contributed by atoms with Gasteiger partial charge >= 0.3 is 0 Å². The highest BCUT2D eigenvalue weighted by molar-refractivity contribution is 7.80. The second-order valence-electron chi connectivity index (χ2n) is 3.59. The molecule has 0 aliphatic carbocycles. The van der Waals surface area contributed by atoms with Crippen molar-refractivity contribution in [3.63, 3.8) is 0 Å².